The van der Waals surface area contributed by atoms with E-state index in [9.17, 15) is 17.2 Å². The highest BCUT2D eigenvalue weighted by Crippen LogP contribution is 2.17. The van der Waals surface area contributed by atoms with Gasteiger partial charge in [0.05, 0.1) is 6.54 Å². The largest absolute Gasteiger partial charge is 0.251 e. The minimum absolute atomic E-state index is 0.251. The number of sulfonamides is 1. The molecule has 0 spiro atoms. The molecule has 15 heavy (non-hydrogen) atoms. The van der Waals surface area contributed by atoms with Crippen molar-refractivity contribution in [1.82, 2.24) is 9.71 Å². The van der Waals surface area contributed by atoms with Crippen LogP contribution in [0.25, 0.3) is 0 Å². The second-order valence-corrected chi connectivity index (χ2v) is 4.63. The topological polar surface area (TPSA) is 59.1 Å². The number of nitrogens with zero attached hydrogens (tertiary/aromatic N) is 1. The number of hydrogen-bond donors (Lipinski definition) is 1. The number of aromatic nitrogens is 1. The maximum atomic E-state index is 11.8. The Kier molecular flexibility index (Phi) is 3.95. The fourth-order valence-electron chi connectivity index (χ4n) is 0.822. The molecule has 84 valence electrons. The Balaban J connectivity index is 2.92. The minimum Gasteiger partial charge on any atom is -0.243 e. The van der Waals surface area contributed by atoms with Crippen LogP contribution in [-0.2, 0) is 10.0 Å². The average molecular weight is 257 g/mol. The van der Waals surface area contributed by atoms with Crippen molar-refractivity contribution in [2.45, 2.75) is 11.3 Å². The van der Waals surface area contributed by atoms with E-state index in [1.165, 1.54) is 18.3 Å². The van der Waals surface area contributed by atoms with E-state index in [-0.39, 0.29) is 10.0 Å². The third-order valence-corrected chi connectivity index (χ3v) is 3.31. The molecule has 0 bridgehead atoms. The molecule has 0 saturated carbocycles. The van der Waals surface area contributed by atoms with Gasteiger partial charge in [0.2, 0.25) is 10.0 Å². The summed E-state index contributed by atoms with van der Waals surface area (Å²) in [5.74, 6) is 0. The van der Waals surface area contributed by atoms with Crippen LogP contribution < -0.4 is 4.72 Å². The Bertz CT molecular complexity index is 438. The molecule has 0 radical (unpaired) electrons. The summed E-state index contributed by atoms with van der Waals surface area (Å²) in [6.45, 7) is -0.951. The first kappa shape index (κ1) is 12.3. The van der Waals surface area contributed by atoms with Crippen LogP contribution >= 0.6 is 11.6 Å². The first-order valence-electron chi connectivity index (χ1n) is 3.82. The molecule has 0 atom stereocenters. The van der Waals surface area contributed by atoms with Crippen molar-refractivity contribution in [1.29, 1.82) is 0 Å². The molecule has 1 aromatic heterocycles. The zero-order chi connectivity index (χ0) is 11.5. The van der Waals surface area contributed by atoms with Gasteiger partial charge in [-0.25, -0.2) is 26.9 Å². The first-order chi connectivity index (χ1) is 6.93. The van der Waals surface area contributed by atoms with E-state index in [0.717, 1.165) is 0 Å². The van der Waals surface area contributed by atoms with Gasteiger partial charge < -0.3 is 0 Å². The SMILES string of the molecule is O=S(=O)(NCC(F)F)c1cccnc1Cl. The first-order valence-corrected chi connectivity index (χ1v) is 5.68. The smallest absolute Gasteiger partial charge is 0.243 e. The Hall–Kier alpha value is -0.790. The molecule has 0 saturated heterocycles. The number of halogens is 3. The third-order valence-electron chi connectivity index (χ3n) is 1.44. The molecule has 0 unspecified atom stereocenters. The van der Waals surface area contributed by atoms with Gasteiger partial charge in [-0.3, -0.25) is 0 Å². The van der Waals surface area contributed by atoms with Crippen molar-refractivity contribution in [3.05, 3.63) is 23.5 Å². The van der Waals surface area contributed by atoms with Gasteiger partial charge in [-0.05, 0) is 12.1 Å². The summed E-state index contributed by atoms with van der Waals surface area (Å²) in [6, 6.07) is 2.53. The highest BCUT2D eigenvalue weighted by Gasteiger charge is 2.19. The highest BCUT2D eigenvalue weighted by atomic mass is 35.5. The van der Waals surface area contributed by atoms with E-state index < -0.39 is 23.0 Å². The normalized spacial score (nSPS) is 12.0. The molecule has 0 fully saturated rings. The van der Waals surface area contributed by atoms with Crippen LogP contribution in [0.1, 0.15) is 0 Å². The van der Waals surface area contributed by atoms with Crippen molar-refractivity contribution in [3.63, 3.8) is 0 Å². The van der Waals surface area contributed by atoms with Crippen LogP contribution in [0.15, 0.2) is 23.2 Å². The summed E-state index contributed by atoms with van der Waals surface area (Å²) in [5.41, 5.74) is 0. The summed E-state index contributed by atoms with van der Waals surface area (Å²) in [4.78, 5) is 3.22. The number of hydrogen-bond acceptors (Lipinski definition) is 3. The molecule has 8 heteroatoms. The van der Waals surface area contributed by atoms with Gasteiger partial charge in [0.1, 0.15) is 10.0 Å². The molecule has 0 aromatic carbocycles. The predicted molar refractivity (Wildman–Crippen MR) is 50.4 cm³/mol. The van der Waals surface area contributed by atoms with Crippen LogP contribution in [0.2, 0.25) is 5.15 Å². The van der Waals surface area contributed by atoms with Crippen molar-refractivity contribution in [2.75, 3.05) is 6.54 Å². The third kappa shape index (κ3) is 3.37. The fourth-order valence-corrected chi connectivity index (χ4v) is 2.28. The van der Waals surface area contributed by atoms with Crippen molar-refractivity contribution in [3.8, 4) is 0 Å². The van der Waals surface area contributed by atoms with E-state index in [1.54, 1.807) is 4.72 Å². The fraction of sp³-hybridized carbons (Fsp3) is 0.286. The summed E-state index contributed by atoms with van der Waals surface area (Å²) >= 11 is 5.51. The lowest BCUT2D eigenvalue weighted by atomic mass is 10.5. The van der Waals surface area contributed by atoms with Crippen LogP contribution in [0.5, 0.6) is 0 Å². The van der Waals surface area contributed by atoms with Gasteiger partial charge in [-0.1, -0.05) is 11.6 Å². The minimum atomic E-state index is -4.01. The summed E-state index contributed by atoms with van der Waals surface area (Å²) in [5, 5.41) is -0.251. The molecule has 0 aliphatic heterocycles. The lowest BCUT2D eigenvalue weighted by Crippen LogP contribution is -2.28. The molecular formula is C7H7ClF2N2O2S. The number of pyridine rings is 1. The molecular weight excluding hydrogens is 250 g/mol. The zero-order valence-electron chi connectivity index (χ0n) is 7.32. The van der Waals surface area contributed by atoms with Crippen molar-refractivity contribution < 1.29 is 17.2 Å². The van der Waals surface area contributed by atoms with Crippen LogP contribution in [-0.4, -0.2) is 26.4 Å². The number of rotatable bonds is 4. The molecule has 1 aromatic rings. The second-order valence-electron chi connectivity index (χ2n) is 2.54. The standard InChI is InChI=1S/C7H7ClF2N2O2S/c8-7-5(2-1-3-11-7)15(13,14)12-4-6(9)10/h1-3,6,12H,4H2. The summed E-state index contributed by atoms with van der Waals surface area (Å²) in [7, 11) is -4.01. The summed E-state index contributed by atoms with van der Waals surface area (Å²) in [6.07, 6.45) is -1.45. The number of alkyl halides is 2. The maximum Gasteiger partial charge on any atom is 0.251 e. The number of nitrogens with one attached hydrogen (secondary N) is 1. The van der Waals surface area contributed by atoms with Gasteiger partial charge in [-0.2, -0.15) is 0 Å². The van der Waals surface area contributed by atoms with E-state index in [2.05, 4.69) is 4.98 Å². The quantitative estimate of drug-likeness (QED) is 0.826. The van der Waals surface area contributed by atoms with Crippen LogP contribution in [0.3, 0.4) is 0 Å². The Labute approximate surface area is 90.3 Å². The van der Waals surface area contributed by atoms with Gasteiger partial charge in [-0.15, -0.1) is 0 Å². The zero-order valence-corrected chi connectivity index (χ0v) is 8.89. The van der Waals surface area contributed by atoms with Crippen molar-refractivity contribution >= 4 is 21.6 Å². The predicted octanol–water partition coefficient (Wildman–Crippen LogP) is 1.28. The Morgan fingerprint density at radius 2 is 2.20 bits per heavy atom. The molecule has 0 aliphatic carbocycles. The average Bonchev–Trinajstić information content (AvgIpc) is 2.15. The molecule has 1 N–H and O–H groups in total. The van der Waals surface area contributed by atoms with Gasteiger partial charge in [0, 0.05) is 6.20 Å². The molecule has 0 aliphatic rings. The van der Waals surface area contributed by atoms with Crippen molar-refractivity contribution in [2.24, 2.45) is 0 Å². The van der Waals surface area contributed by atoms with E-state index >= 15 is 0 Å². The van der Waals surface area contributed by atoms with Gasteiger partial charge in [0.25, 0.3) is 6.43 Å². The van der Waals surface area contributed by atoms with Gasteiger partial charge in [0.15, 0.2) is 0 Å². The lowest BCUT2D eigenvalue weighted by molar-refractivity contribution is 0.153. The van der Waals surface area contributed by atoms with E-state index in [1.807, 2.05) is 0 Å². The van der Waals surface area contributed by atoms with E-state index in [4.69, 9.17) is 11.6 Å². The second kappa shape index (κ2) is 4.82. The molecule has 4 nitrogen and oxygen atoms in total. The Morgan fingerprint density at radius 3 is 2.73 bits per heavy atom. The lowest BCUT2D eigenvalue weighted by Gasteiger charge is -2.06. The van der Waals surface area contributed by atoms with E-state index in [0.29, 0.717) is 0 Å². The molecule has 1 heterocycles. The highest BCUT2D eigenvalue weighted by molar-refractivity contribution is 7.89. The molecule has 1 rings (SSSR count). The van der Waals surface area contributed by atoms with Crippen LogP contribution in [0.4, 0.5) is 8.78 Å². The monoisotopic (exact) mass is 256 g/mol. The molecule has 0 amide bonds. The maximum absolute atomic E-state index is 11.8. The van der Waals surface area contributed by atoms with Crippen LogP contribution in [0, 0.1) is 0 Å². The Morgan fingerprint density at radius 1 is 1.53 bits per heavy atom. The van der Waals surface area contributed by atoms with Gasteiger partial charge >= 0.3 is 0 Å². The summed E-state index contributed by atoms with van der Waals surface area (Å²) < 4.78 is 48.1.